The lowest BCUT2D eigenvalue weighted by Gasteiger charge is -2.11. The van der Waals surface area contributed by atoms with Crippen LogP contribution >= 0.6 is 0 Å². The van der Waals surface area contributed by atoms with Crippen molar-refractivity contribution in [3.8, 4) is 0 Å². The summed E-state index contributed by atoms with van der Waals surface area (Å²) in [6, 6.07) is 0. The first-order valence-electron chi connectivity index (χ1n) is 5.34. The van der Waals surface area contributed by atoms with Crippen LogP contribution in [0.15, 0.2) is 12.7 Å². The Morgan fingerprint density at radius 1 is 1.41 bits per heavy atom. The van der Waals surface area contributed by atoms with Crippen LogP contribution in [-0.4, -0.2) is 51.4 Å². The Hall–Kier alpha value is -1.73. The number of aromatic nitrogens is 4. The monoisotopic (exact) mass is 236 g/mol. The van der Waals surface area contributed by atoms with Crippen LogP contribution in [0.3, 0.4) is 0 Å². The SMILES string of the molecule is CN(C)c1ncnc2c1ncn2CC(O)CN. The molecule has 0 aliphatic rings. The van der Waals surface area contributed by atoms with Crippen LogP contribution < -0.4 is 10.6 Å². The van der Waals surface area contributed by atoms with E-state index in [2.05, 4.69) is 15.0 Å². The van der Waals surface area contributed by atoms with E-state index in [0.29, 0.717) is 12.2 Å². The molecule has 2 aromatic heterocycles. The number of rotatable bonds is 4. The molecule has 7 nitrogen and oxygen atoms in total. The first-order valence-corrected chi connectivity index (χ1v) is 5.34. The Kier molecular flexibility index (Phi) is 3.21. The second kappa shape index (κ2) is 4.64. The van der Waals surface area contributed by atoms with Gasteiger partial charge in [-0.3, -0.25) is 0 Å². The summed E-state index contributed by atoms with van der Waals surface area (Å²) >= 11 is 0. The van der Waals surface area contributed by atoms with Crippen molar-refractivity contribution in [3.63, 3.8) is 0 Å². The van der Waals surface area contributed by atoms with Crippen molar-refractivity contribution >= 4 is 17.0 Å². The zero-order valence-electron chi connectivity index (χ0n) is 9.91. The smallest absolute Gasteiger partial charge is 0.165 e. The van der Waals surface area contributed by atoms with Crippen molar-refractivity contribution < 1.29 is 5.11 Å². The lowest BCUT2D eigenvalue weighted by molar-refractivity contribution is 0.163. The largest absolute Gasteiger partial charge is 0.390 e. The molecule has 2 aromatic rings. The number of nitrogens with two attached hydrogens (primary N) is 1. The highest BCUT2D eigenvalue weighted by atomic mass is 16.3. The molecule has 17 heavy (non-hydrogen) atoms. The van der Waals surface area contributed by atoms with Crippen LogP contribution in [0.5, 0.6) is 0 Å². The summed E-state index contributed by atoms with van der Waals surface area (Å²) in [5, 5.41) is 9.54. The molecule has 0 spiro atoms. The predicted octanol–water partition coefficient (Wildman–Crippen LogP) is -0.788. The molecule has 92 valence electrons. The van der Waals surface area contributed by atoms with E-state index in [1.165, 1.54) is 6.33 Å². The van der Waals surface area contributed by atoms with Crippen LogP contribution in [0.4, 0.5) is 5.82 Å². The van der Waals surface area contributed by atoms with Gasteiger partial charge in [0, 0.05) is 20.6 Å². The van der Waals surface area contributed by atoms with Gasteiger partial charge >= 0.3 is 0 Å². The third-order valence-corrected chi connectivity index (χ3v) is 2.49. The Morgan fingerprint density at radius 2 is 2.18 bits per heavy atom. The molecule has 2 rings (SSSR count). The van der Waals surface area contributed by atoms with Crippen molar-refractivity contribution in [2.75, 3.05) is 25.5 Å². The van der Waals surface area contributed by atoms with Gasteiger partial charge in [-0.05, 0) is 0 Å². The van der Waals surface area contributed by atoms with E-state index in [1.54, 1.807) is 10.9 Å². The number of fused-ring (bicyclic) bond motifs is 1. The van der Waals surface area contributed by atoms with Crippen LogP contribution in [0.1, 0.15) is 0 Å². The molecule has 0 aliphatic carbocycles. The average molecular weight is 236 g/mol. The normalized spacial score (nSPS) is 12.9. The zero-order valence-corrected chi connectivity index (χ0v) is 9.91. The molecule has 0 fully saturated rings. The Morgan fingerprint density at radius 3 is 2.82 bits per heavy atom. The lowest BCUT2D eigenvalue weighted by atomic mass is 10.3. The molecule has 0 aromatic carbocycles. The number of nitrogens with zero attached hydrogens (tertiary/aromatic N) is 5. The molecular weight excluding hydrogens is 220 g/mol. The molecular formula is C10H16N6O. The molecule has 1 unspecified atom stereocenters. The van der Waals surface area contributed by atoms with Crippen LogP contribution in [0.2, 0.25) is 0 Å². The molecule has 0 saturated carbocycles. The first kappa shape index (κ1) is 11.7. The average Bonchev–Trinajstić information content (AvgIpc) is 2.72. The molecule has 1 atom stereocenters. The highest BCUT2D eigenvalue weighted by Crippen LogP contribution is 2.19. The van der Waals surface area contributed by atoms with Gasteiger partial charge in [0.1, 0.15) is 6.33 Å². The van der Waals surface area contributed by atoms with Gasteiger partial charge in [-0.1, -0.05) is 0 Å². The van der Waals surface area contributed by atoms with Crippen LogP contribution in [0, 0.1) is 0 Å². The van der Waals surface area contributed by atoms with Gasteiger partial charge in [0.25, 0.3) is 0 Å². The molecule has 0 radical (unpaired) electrons. The molecule has 2 heterocycles. The fourth-order valence-electron chi connectivity index (χ4n) is 1.63. The van der Waals surface area contributed by atoms with Gasteiger partial charge in [-0.25, -0.2) is 15.0 Å². The van der Waals surface area contributed by atoms with Gasteiger partial charge < -0.3 is 20.3 Å². The van der Waals surface area contributed by atoms with E-state index in [4.69, 9.17) is 5.73 Å². The quantitative estimate of drug-likeness (QED) is 0.722. The summed E-state index contributed by atoms with van der Waals surface area (Å²) in [7, 11) is 3.80. The van der Waals surface area contributed by atoms with Gasteiger partial charge in [0.2, 0.25) is 0 Å². The van der Waals surface area contributed by atoms with E-state index in [0.717, 1.165) is 11.3 Å². The van der Waals surface area contributed by atoms with Crippen molar-refractivity contribution in [1.29, 1.82) is 0 Å². The Labute approximate surface area is 98.9 Å². The summed E-state index contributed by atoms with van der Waals surface area (Å²) in [6.07, 6.45) is 2.54. The molecule has 0 amide bonds. The molecule has 7 heteroatoms. The van der Waals surface area contributed by atoms with Gasteiger partial charge in [0.05, 0.1) is 19.0 Å². The summed E-state index contributed by atoms with van der Waals surface area (Å²) in [4.78, 5) is 14.5. The first-order chi connectivity index (χ1) is 8.13. The maximum atomic E-state index is 9.54. The fraction of sp³-hybridized carbons (Fsp3) is 0.500. The number of aliphatic hydroxyl groups is 1. The maximum absolute atomic E-state index is 9.54. The lowest BCUT2D eigenvalue weighted by Crippen LogP contribution is -2.25. The van der Waals surface area contributed by atoms with Crippen LogP contribution in [-0.2, 0) is 6.54 Å². The second-order valence-corrected chi connectivity index (χ2v) is 4.05. The highest BCUT2D eigenvalue weighted by Gasteiger charge is 2.12. The van der Waals surface area contributed by atoms with E-state index < -0.39 is 6.10 Å². The van der Waals surface area contributed by atoms with E-state index in [9.17, 15) is 5.11 Å². The highest BCUT2D eigenvalue weighted by molar-refractivity contribution is 5.82. The minimum atomic E-state index is -0.592. The summed E-state index contributed by atoms with van der Waals surface area (Å²) in [5.41, 5.74) is 6.81. The van der Waals surface area contributed by atoms with Gasteiger partial charge in [-0.15, -0.1) is 0 Å². The summed E-state index contributed by atoms with van der Waals surface area (Å²) in [5.74, 6) is 0.760. The zero-order chi connectivity index (χ0) is 12.4. The molecule has 0 bridgehead atoms. The van der Waals surface area contributed by atoms with E-state index in [1.807, 2.05) is 19.0 Å². The van der Waals surface area contributed by atoms with E-state index >= 15 is 0 Å². The van der Waals surface area contributed by atoms with Gasteiger partial charge in [0.15, 0.2) is 17.0 Å². The van der Waals surface area contributed by atoms with Crippen molar-refractivity contribution in [1.82, 2.24) is 19.5 Å². The summed E-state index contributed by atoms with van der Waals surface area (Å²) < 4.78 is 1.78. The third kappa shape index (κ3) is 2.20. The van der Waals surface area contributed by atoms with E-state index in [-0.39, 0.29) is 6.54 Å². The van der Waals surface area contributed by atoms with Crippen molar-refractivity contribution in [2.45, 2.75) is 12.6 Å². The maximum Gasteiger partial charge on any atom is 0.165 e. The standard InChI is InChI=1S/C10H16N6O/c1-15(2)9-8-10(13-5-12-9)16(6-14-8)4-7(17)3-11/h5-7,17H,3-4,11H2,1-2H3. The number of hydrogen-bond donors (Lipinski definition) is 2. The number of hydrogen-bond acceptors (Lipinski definition) is 6. The number of imidazole rings is 1. The fourth-order valence-corrected chi connectivity index (χ4v) is 1.63. The summed E-state index contributed by atoms with van der Waals surface area (Å²) in [6.45, 7) is 0.599. The van der Waals surface area contributed by atoms with Crippen molar-refractivity contribution in [2.24, 2.45) is 5.73 Å². The van der Waals surface area contributed by atoms with Crippen molar-refractivity contribution in [3.05, 3.63) is 12.7 Å². The Bertz CT molecular complexity index is 508. The topological polar surface area (TPSA) is 93.1 Å². The number of aliphatic hydroxyl groups excluding tert-OH is 1. The predicted molar refractivity (Wildman–Crippen MR) is 64.7 cm³/mol. The van der Waals surface area contributed by atoms with Gasteiger partial charge in [-0.2, -0.15) is 0 Å². The van der Waals surface area contributed by atoms with Crippen LogP contribution in [0.25, 0.3) is 11.2 Å². The minimum absolute atomic E-state index is 0.214. The molecule has 0 aliphatic heterocycles. The molecule has 3 N–H and O–H groups in total. The number of anilines is 1. The third-order valence-electron chi connectivity index (χ3n) is 2.49. The minimum Gasteiger partial charge on any atom is -0.390 e. The second-order valence-electron chi connectivity index (χ2n) is 4.05. The Balaban J connectivity index is 2.44. The molecule has 0 saturated heterocycles.